The van der Waals surface area contributed by atoms with Gasteiger partial charge in [-0.3, -0.25) is 71.9 Å². The Kier molecular flexibility index (Phi) is 46.1. The number of hydrogen-bond donors (Lipinski definition) is 22. The Morgan fingerprint density at radius 2 is 0.972 bits per heavy atom. The fraction of sp³-hybridized carbons (Fsp3) is 0.688. The minimum absolute atomic E-state index is 0.0341. The van der Waals surface area contributed by atoms with Gasteiger partial charge < -0.3 is 117 Å². The molecule has 44 heteroatoms. The molecule has 1 aromatic rings. The SMILES string of the molecule is CC[C@H](C)[C@H](NC(=O)[C@H](CCC(=O)O)NC(=O)[C@H](CO)NC(=O)[C@@H](NC(=O)[C@@H](N)CO)C(C)C)C(=O)N[C@@H](CCC(N)=O)C(=O)N[C@@H](CC(C)C)C(=O)N[C@@H](CCSC)C(=O)N[C@@H](Cc1cnc[nH]1)C(=O)N[C@@H](CC(N)=O)C(=O)N[C@@H](CC(C)C)C(=O)NCC(=O)N[C@@H](CCCCN)C(=O)O.O=C(O)C(F)(F)F. The number of imidazole rings is 1. The number of H-pyrrole nitrogens is 1. The summed E-state index contributed by atoms with van der Waals surface area (Å²) in [7, 11) is 0. The maximum atomic E-state index is 14.5. The van der Waals surface area contributed by atoms with E-state index in [2.05, 4.69) is 73.8 Å². The molecule has 612 valence electrons. The second kappa shape index (κ2) is 50.7. The van der Waals surface area contributed by atoms with Crippen LogP contribution in [0, 0.1) is 23.7 Å². The van der Waals surface area contributed by atoms with Crippen molar-refractivity contribution in [1.82, 2.24) is 73.8 Å². The first-order valence-electron chi connectivity index (χ1n) is 34.4. The van der Waals surface area contributed by atoms with E-state index in [-0.39, 0.29) is 61.8 Å². The third kappa shape index (κ3) is 39.2. The summed E-state index contributed by atoms with van der Waals surface area (Å²) in [5.74, 6) is -21.4. The molecule has 1 heterocycles. The molecular formula is C64H107F3N18O22S. The first kappa shape index (κ1) is 98.2. The number of hydrogen-bond acceptors (Lipinski definition) is 23. The lowest BCUT2D eigenvalue weighted by atomic mass is 9.96. The topological polar surface area (TPSA) is 668 Å². The van der Waals surface area contributed by atoms with E-state index in [0.717, 1.165) is 0 Å². The quantitative estimate of drug-likeness (QED) is 0.0270. The van der Waals surface area contributed by atoms with Gasteiger partial charge in [0.1, 0.15) is 72.5 Å². The minimum Gasteiger partial charge on any atom is -0.481 e. The van der Waals surface area contributed by atoms with Crippen molar-refractivity contribution in [2.24, 2.45) is 46.6 Å². The number of carboxylic acids is 3. The van der Waals surface area contributed by atoms with Crippen molar-refractivity contribution in [3.63, 3.8) is 0 Å². The number of aliphatic hydroxyl groups excluding tert-OH is 2. The second-order valence-electron chi connectivity index (χ2n) is 26.3. The Balaban J connectivity index is 0.0000155. The Bertz CT molecular complexity index is 3170. The summed E-state index contributed by atoms with van der Waals surface area (Å²) in [6.45, 7) is 10.8. The fourth-order valence-corrected chi connectivity index (χ4v) is 10.2. The molecule has 0 fully saturated rings. The van der Waals surface area contributed by atoms with Crippen molar-refractivity contribution >= 4 is 112 Å². The van der Waals surface area contributed by atoms with Gasteiger partial charge in [-0.2, -0.15) is 24.9 Å². The lowest BCUT2D eigenvalue weighted by molar-refractivity contribution is -0.192. The summed E-state index contributed by atoms with van der Waals surface area (Å²) in [4.78, 5) is 230. The third-order valence-electron chi connectivity index (χ3n) is 15.8. The van der Waals surface area contributed by atoms with Crippen LogP contribution in [0.4, 0.5) is 13.2 Å². The molecule has 0 unspecified atom stereocenters. The number of aromatic nitrogens is 2. The van der Waals surface area contributed by atoms with Gasteiger partial charge in [-0.25, -0.2) is 14.6 Å². The molecule has 26 N–H and O–H groups in total. The third-order valence-corrected chi connectivity index (χ3v) is 16.4. The highest BCUT2D eigenvalue weighted by molar-refractivity contribution is 7.98. The predicted octanol–water partition coefficient (Wildman–Crippen LogP) is -5.89. The van der Waals surface area contributed by atoms with Crippen LogP contribution in [-0.4, -0.2) is 253 Å². The van der Waals surface area contributed by atoms with Crippen molar-refractivity contribution in [3.8, 4) is 0 Å². The van der Waals surface area contributed by atoms with Crippen molar-refractivity contribution < 1.29 is 120 Å². The first-order valence-corrected chi connectivity index (χ1v) is 35.8. The van der Waals surface area contributed by atoms with Gasteiger partial charge >= 0.3 is 24.1 Å². The number of aromatic amines is 1. The number of amides is 14. The number of nitrogens with one attached hydrogen (secondary N) is 13. The van der Waals surface area contributed by atoms with Gasteiger partial charge in [-0.15, -0.1) is 0 Å². The Labute approximate surface area is 624 Å². The molecule has 0 radical (unpaired) electrons. The van der Waals surface area contributed by atoms with Crippen molar-refractivity contribution in [2.45, 2.75) is 218 Å². The van der Waals surface area contributed by atoms with E-state index >= 15 is 0 Å². The number of aliphatic carboxylic acids is 3. The Hall–Kier alpha value is -9.82. The lowest BCUT2D eigenvalue weighted by Gasteiger charge is -2.30. The molecule has 1 aromatic heterocycles. The molecule has 0 saturated heterocycles. The molecule has 40 nitrogen and oxygen atoms in total. The molecule has 0 bridgehead atoms. The average Bonchev–Trinajstić information content (AvgIpc) is 0.948. The number of nitrogens with zero attached hydrogens (tertiary/aromatic N) is 1. The number of carboxylic acid groups (broad SMARTS) is 3. The molecule has 0 saturated carbocycles. The van der Waals surface area contributed by atoms with E-state index in [1.165, 1.54) is 45.1 Å². The number of carbonyl (C=O) groups is 17. The standard InChI is InChI=1S/C62H106N18O20S.C2HF3O2/c1-10-33(8)50(80-55(92)37(15-17-48(86)87)71-59(96)44(28-82)78-60(97)49(32(6)7)79-51(88)35(64)27-81)61(98)73-36(14-16-45(65)83)53(90)75-41(22-31(4)5)56(93)72-38(18-20-101-9)54(91)76-42(23-34-25-67-29-69-34)57(94)77-43(24-46(66)84)58(95)74-40(21-30(2)3)52(89)68-26-47(85)70-39(62(99)100)13-11-12-19-63;3-2(4,5)1(6)7/h25,29-33,35-44,49-50,81-82H,10-24,26-28,63-64H2,1-9H3,(H2,65,83)(H2,66,84)(H,67,69)(H,68,89)(H,70,85)(H,71,96)(H,72,93)(H,73,98)(H,74,95)(H,75,90)(H,76,91)(H,77,94)(H,78,97)(H,79,88)(H,80,92)(H,86,87)(H,99,100);(H,6,7)/t33-,35-,36-,37-,38-,39-,40-,41-,42-,43-,44-,49-,50-;/m0./s1. The molecule has 108 heavy (non-hydrogen) atoms. The van der Waals surface area contributed by atoms with Crippen LogP contribution < -0.4 is 86.7 Å². The van der Waals surface area contributed by atoms with Gasteiger partial charge in [-0.05, 0) is 93.6 Å². The second-order valence-corrected chi connectivity index (χ2v) is 27.2. The van der Waals surface area contributed by atoms with Crippen LogP contribution in [0.15, 0.2) is 12.5 Å². The van der Waals surface area contributed by atoms with Crippen LogP contribution in [0.5, 0.6) is 0 Å². The van der Waals surface area contributed by atoms with Crippen LogP contribution in [-0.2, 0) is 87.9 Å². The number of halogens is 3. The van der Waals surface area contributed by atoms with E-state index in [4.69, 9.17) is 32.8 Å². The maximum absolute atomic E-state index is 14.5. The molecule has 14 amide bonds. The minimum atomic E-state index is -5.08. The highest BCUT2D eigenvalue weighted by atomic mass is 32.2. The summed E-state index contributed by atoms with van der Waals surface area (Å²) in [5.41, 5.74) is 22.4. The highest BCUT2D eigenvalue weighted by Crippen LogP contribution is 2.16. The van der Waals surface area contributed by atoms with Crippen molar-refractivity contribution in [1.29, 1.82) is 0 Å². The normalized spacial score (nSPS) is 14.8. The monoisotopic (exact) mass is 1570 g/mol. The molecule has 0 aromatic carbocycles. The summed E-state index contributed by atoms with van der Waals surface area (Å²) in [6, 6.07) is -18.6. The van der Waals surface area contributed by atoms with E-state index < -0.39 is 243 Å². The van der Waals surface area contributed by atoms with Crippen LogP contribution in [0.3, 0.4) is 0 Å². The maximum Gasteiger partial charge on any atom is 0.490 e. The molecule has 1 rings (SSSR count). The van der Waals surface area contributed by atoms with Crippen LogP contribution in [0.1, 0.15) is 138 Å². The largest absolute Gasteiger partial charge is 0.490 e. The van der Waals surface area contributed by atoms with Gasteiger partial charge in [0, 0.05) is 31.2 Å². The summed E-state index contributed by atoms with van der Waals surface area (Å²) < 4.78 is 31.7. The summed E-state index contributed by atoms with van der Waals surface area (Å²) in [6.07, 6.45) is -3.38. The van der Waals surface area contributed by atoms with E-state index in [9.17, 15) is 110 Å². The highest BCUT2D eigenvalue weighted by Gasteiger charge is 2.40. The summed E-state index contributed by atoms with van der Waals surface area (Å²) >= 11 is 1.27. The zero-order valence-electron chi connectivity index (χ0n) is 61.6. The van der Waals surface area contributed by atoms with Gasteiger partial charge in [-0.1, -0.05) is 61.8 Å². The number of nitrogens with two attached hydrogens (primary N) is 4. The fourth-order valence-electron chi connectivity index (χ4n) is 9.71. The first-order chi connectivity index (χ1) is 50.4. The molecular weight excluding hydrogens is 1460 g/mol. The number of rotatable bonds is 51. The van der Waals surface area contributed by atoms with Gasteiger partial charge in [0.15, 0.2) is 0 Å². The molecule has 13 atom stereocenters. The smallest absolute Gasteiger partial charge is 0.481 e. The average molecular weight is 1570 g/mol. The van der Waals surface area contributed by atoms with Gasteiger partial charge in [0.05, 0.1) is 32.5 Å². The molecule has 0 spiro atoms. The zero-order valence-corrected chi connectivity index (χ0v) is 62.4. The Morgan fingerprint density at radius 1 is 0.528 bits per heavy atom. The van der Waals surface area contributed by atoms with Crippen molar-refractivity contribution in [2.75, 3.05) is 38.3 Å². The summed E-state index contributed by atoms with van der Waals surface area (Å²) in [5, 5.41) is 75.0. The van der Waals surface area contributed by atoms with Crippen molar-refractivity contribution in [3.05, 3.63) is 18.2 Å². The van der Waals surface area contributed by atoms with Gasteiger partial charge in [0.2, 0.25) is 82.7 Å². The zero-order chi connectivity index (χ0) is 82.9. The van der Waals surface area contributed by atoms with E-state index in [0.29, 0.717) is 19.4 Å². The number of alkyl halides is 3. The Morgan fingerprint density at radius 3 is 1.43 bits per heavy atom. The molecule has 0 aliphatic rings. The number of carbonyl (C=O) groups excluding carboxylic acids is 14. The predicted molar refractivity (Wildman–Crippen MR) is 378 cm³/mol. The van der Waals surface area contributed by atoms with E-state index in [1.807, 2.05) is 0 Å². The van der Waals surface area contributed by atoms with Gasteiger partial charge in [0.25, 0.3) is 0 Å². The molecule has 0 aliphatic heterocycles. The van der Waals surface area contributed by atoms with Crippen LogP contribution in [0.2, 0.25) is 0 Å². The lowest BCUT2D eigenvalue weighted by Crippen LogP contribution is -2.62. The number of aliphatic hydroxyl groups is 2. The number of primary amides is 2. The van der Waals surface area contributed by atoms with Crippen LogP contribution in [0.25, 0.3) is 0 Å². The molecule has 0 aliphatic carbocycles. The van der Waals surface area contributed by atoms with Crippen LogP contribution >= 0.6 is 11.8 Å². The number of thioether (sulfide) groups is 1. The number of unbranched alkanes of at least 4 members (excludes halogenated alkanes) is 1. The van der Waals surface area contributed by atoms with E-state index in [1.54, 1.807) is 40.9 Å².